The Bertz CT molecular complexity index is 1110. The maximum Gasteiger partial charge on any atom is 0.312 e. The maximum atomic E-state index is 12.6. The second-order valence-electron chi connectivity index (χ2n) is 18.4. The van der Waals surface area contributed by atoms with Crippen LogP contribution in [0.15, 0.2) is 0 Å². The molecule has 6 aliphatic carbocycles. The van der Waals surface area contributed by atoms with Crippen molar-refractivity contribution in [2.45, 2.75) is 208 Å². The minimum absolute atomic E-state index is 0. The minimum Gasteiger partial charge on any atom is -0.462 e. The number of ether oxygens (including phenoxy) is 3. The molecule has 8 rings (SSSR count). The highest BCUT2D eigenvalue weighted by Gasteiger charge is 2.59. The first-order chi connectivity index (χ1) is 21.9. The van der Waals surface area contributed by atoms with Crippen LogP contribution in [-0.4, -0.2) is 41.0 Å². The first kappa shape index (κ1) is 53.5. The van der Waals surface area contributed by atoms with Crippen molar-refractivity contribution in [2.75, 3.05) is 0 Å². The third-order valence-electron chi connectivity index (χ3n) is 14.8. The Balaban J connectivity index is 0. The van der Waals surface area contributed by atoms with Crippen molar-refractivity contribution >= 4 is 17.9 Å². The summed E-state index contributed by atoms with van der Waals surface area (Å²) >= 11 is 0. The lowest BCUT2D eigenvalue weighted by atomic mass is 9.46. The highest BCUT2D eigenvalue weighted by Crippen LogP contribution is 2.64. The Morgan fingerprint density at radius 2 is 1.30 bits per heavy atom. The summed E-state index contributed by atoms with van der Waals surface area (Å²) in [6.45, 7) is 18.9. The van der Waals surface area contributed by atoms with E-state index in [1.54, 1.807) is 13.8 Å². The predicted molar refractivity (Wildman–Crippen MR) is 222 cm³/mol. The second-order valence-corrected chi connectivity index (χ2v) is 18.4. The molecule has 0 aromatic carbocycles. The van der Waals surface area contributed by atoms with Gasteiger partial charge in [0.2, 0.25) is 6.29 Å². The number of aliphatic hydroxyl groups is 1. The predicted octanol–water partition coefficient (Wildman–Crippen LogP) is 12.3. The van der Waals surface area contributed by atoms with Gasteiger partial charge >= 0.3 is 17.9 Å². The van der Waals surface area contributed by atoms with Gasteiger partial charge in [-0.2, -0.15) is 0 Å². The summed E-state index contributed by atoms with van der Waals surface area (Å²) in [6, 6.07) is 0. The molecule has 7 nitrogen and oxygen atoms in total. The summed E-state index contributed by atoms with van der Waals surface area (Å²) in [5.41, 5.74) is -0.423. The van der Waals surface area contributed by atoms with Gasteiger partial charge in [-0.05, 0) is 152 Å². The van der Waals surface area contributed by atoms with Gasteiger partial charge in [-0.1, -0.05) is 79.2 Å². The van der Waals surface area contributed by atoms with Crippen LogP contribution in [-0.2, 0) is 28.6 Å². The van der Waals surface area contributed by atoms with E-state index in [9.17, 15) is 14.4 Å². The molecule has 316 valence electrons. The van der Waals surface area contributed by atoms with Crippen LogP contribution in [0, 0.1) is 70.0 Å². The molecular formula is C46H90O7. The van der Waals surface area contributed by atoms with Crippen molar-refractivity contribution in [3.63, 3.8) is 0 Å². The number of rotatable bonds is 7. The number of cyclic esters (lactones) is 2. The average molecular weight is 755 g/mol. The molecule has 0 amide bonds. The lowest BCUT2D eigenvalue weighted by Crippen LogP contribution is -2.58. The smallest absolute Gasteiger partial charge is 0.312 e. The van der Waals surface area contributed by atoms with E-state index in [1.165, 1.54) is 57.8 Å². The maximum absolute atomic E-state index is 12.6. The van der Waals surface area contributed by atoms with E-state index in [1.807, 2.05) is 13.8 Å². The third kappa shape index (κ3) is 11.2. The van der Waals surface area contributed by atoms with Gasteiger partial charge < -0.3 is 19.3 Å². The van der Waals surface area contributed by atoms with Crippen LogP contribution in [0.5, 0.6) is 0 Å². The summed E-state index contributed by atoms with van der Waals surface area (Å²) in [5.74, 6) is 6.94. The third-order valence-corrected chi connectivity index (χ3v) is 14.8. The molecule has 0 spiro atoms. The highest BCUT2D eigenvalue weighted by molar-refractivity contribution is 5.76. The fraction of sp³-hybridized carbons (Fsp3) is 0.935. The van der Waals surface area contributed by atoms with Crippen LogP contribution >= 0.6 is 0 Å². The quantitative estimate of drug-likeness (QED) is 0.204. The van der Waals surface area contributed by atoms with Crippen LogP contribution < -0.4 is 0 Å². The van der Waals surface area contributed by atoms with Gasteiger partial charge in [-0.15, -0.1) is 0 Å². The van der Waals surface area contributed by atoms with Gasteiger partial charge in [0.25, 0.3) is 0 Å². The zero-order chi connectivity index (χ0) is 34.5. The van der Waals surface area contributed by atoms with Crippen LogP contribution in [0.4, 0.5) is 0 Å². The largest absolute Gasteiger partial charge is 0.462 e. The van der Waals surface area contributed by atoms with Gasteiger partial charge in [0.05, 0.1) is 11.3 Å². The second kappa shape index (κ2) is 20.5. The SMILES string of the molecule is C.C.C.C.C.C.CC1C(=O)OC(O)C1C.CC1C2CC(CCC3CCC(=O)O3)C(C2)C1C.CCC(C)(C)C(=O)OC(C)(C)C12CC3CC(CC(C3)C1)C2. The number of hydrogen-bond donors (Lipinski definition) is 1. The Morgan fingerprint density at radius 3 is 1.66 bits per heavy atom. The van der Waals surface area contributed by atoms with Crippen LogP contribution in [0.1, 0.15) is 190 Å². The van der Waals surface area contributed by atoms with E-state index >= 15 is 0 Å². The summed E-state index contributed by atoms with van der Waals surface area (Å²) in [7, 11) is 0. The van der Waals surface area contributed by atoms with Gasteiger partial charge in [0.1, 0.15) is 11.7 Å². The molecule has 6 bridgehead atoms. The molecule has 8 fully saturated rings. The molecule has 6 saturated carbocycles. The Labute approximate surface area is 329 Å². The fourth-order valence-electron chi connectivity index (χ4n) is 10.9. The minimum atomic E-state index is -0.882. The lowest BCUT2D eigenvalue weighted by Gasteiger charge is -2.61. The van der Waals surface area contributed by atoms with Gasteiger partial charge in [0, 0.05) is 17.8 Å². The van der Waals surface area contributed by atoms with Gasteiger partial charge in [-0.3, -0.25) is 14.4 Å². The van der Waals surface area contributed by atoms with E-state index in [0.29, 0.717) is 6.42 Å². The normalized spacial score (nSPS) is 38.2. The van der Waals surface area contributed by atoms with Crippen molar-refractivity contribution in [1.29, 1.82) is 0 Å². The molecule has 1 N–H and O–H groups in total. The zero-order valence-corrected chi connectivity index (χ0v) is 31.0. The molecule has 9 unspecified atom stereocenters. The zero-order valence-electron chi connectivity index (χ0n) is 31.0. The van der Waals surface area contributed by atoms with E-state index < -0.39 is 6.29 Å². The first-order valence-electron chi connectivity index (χ1n) is 19.3. The number of carbonyl (C=O) groups excluding carboxylic acids is 3. The number of hydrogen-bond acceptors (Lipinski definition) is 7. The highest BCUT2D eigenvalue weighted by atomic mass is 16.6. The molecule has 53 heavy (non-hydrogen) atoms. The molecule has 0 aromatic rings. The van der Waals surface area contributed by atoms with Crippen molar-refractivity contribution < 1.29 is 33.7 Å². The number of esters is 3. The van der Waals surface area contributed by atoms with Crippen molar-refractivity contribution in [3.8, 4) is 0 Å². The molecule has 9 atom stereocenters. The Morgan fingerprint density at radius 1 is 0.774 bits per heavy atom. The molecule has 0 radical (unpaired) electrons. The van der Waals surface area contributed by atoms with Crippen LogP contribution in [0.3, 0.4) is 0 Å². The standard InChI is InChI=1S/C19H32O2.C15H24O2.C6H10O3.6CH4/c1-6-17(2,3)16(20)21-18(4,5)19-10-13-7-14(11-19)9-15(8-13)12-19;1-9-10(2)14-8-12(9)7-11(14)3-4-13-5-6-15(16)17-13;1-3-4(2)6(8)9-5(3)7;;;;;;/h13-15H,6-12H2,1-5H3;9-14H,3-8H2,1-2H3;3-5,7H,1-2H3;6*1H4. The summed E-state index contributed by atoms with van der Waals surface area (Å²) in [5, 5.41) is 8.90. The summed E-state index contributed by atoms with van der Waals surface area (Å²) in [6.07, 6.45) is 15.3. The number of aliphatic hydroxyl groups excluding tert-OH is 1. The first-order valence-corrected chi connectivity index (χ1v) is 19.3. The van der Waals surface area contributed by atoms with E-state index in [4.69, 9.17) is 14.6 Å². The van der Waals surface area contributed by atoms with Crippen LogP contribution in [0.25, 0.3) is 0 Å². The van der Waals surface area contributed by atoms with Gasteiger partial charge in [0.15, 0.2) is 0 Å². The molecule has 2 aliphatic heterocycles. The molecular weight excluding hydrogens is 664 g/mol. The molecule has 2 saturated heterocycles. The number of carbonyl (C=O) groups is 3. The van der Waals surface area contributed by atoms with E-state index in [0.717, 1.165) is 66.6 Å². The van der Waals surface area contributed by atoms with E-state index in [2.05, 4.69) is 39.4 Å². The van der Waals surface area contributed by atoms with Crippen molar-refractivity contribution in [1.82, 2.24) is 0 Å². The Hall–Kier alpha value is -1.63. The van der Waals surface area contributed by atoms with Crippen molar-refractivity contribution in [3.05, 3.63) is 0 Å². The molecule has 2 heterocycles. The van der Waals surface area contributed by atoms with Gasteiger partial charge in [-0.25, -0.2) is 0 Å². The molecule has 8 aliphatic rings. The molecule has 0 aromatic heterocycles. The summed E-state index contributed by atoms with van der Waals surface area (Å²) < 4.78 is 16.0. The van der Waals surface area contributed by atoms with Crippen LogP contribution in [0.2, 0.25) is 0 Å². The van der Waals surface area contributed by atoms with Crippen molar-refractivity contribution in [2.24, 2.45) is 70.0 Å². The fourth-order valence-corrected chi connectivity index (χ4v) is 10.9. The summed E-state index contributed by atoms with van der Waals surface area (Å²) in [4.78, 5) is 34.2. The monoisotopic (exact) mass is 755 g/mol. The number of fused-ring (bicyclic) bond motifs is 2. The Kier molecular flexibility index (Phi) is 20.7. The topological polar surface area (TPSA) is 99.1 Å². The lowest BCUT2D eigenvalue weighted by molar-refractivity contribution is -0.206. The van der Waals surface area contributed by atoms with E-state index in [-0.39, 0.29) is 96.8 Å². The average Bonchev–Trinajstić information content (AvgIpc) is 3.74. The molecule has 7 heteroatoms.